The fourth-order valence-electron chi connectivity index (χ4n) is 2.52. The van der Waals surface area contributed by atoms with E-state index >= 15 is 0 Å². The smallest absolute Gasteiger partial charge is 0.133 e. The lowest BCUT2D eigenvalue weighted by atomic mass is 10.1. The number of rotatable bonds is 5. The third-order valence-corrected chi connectivity index (χ3v) is 3.82. The van der Waals surface area contributed by atoms with Crippen LogP contribution in [0.15, 0.2) is 18.2 Å². The zero-order valence-electron chi connectivity index (χ0n) is 11.6. The van der Waals surface area contributed by atoms with E-state index in [0.717, 1.165) is 18.7 Å². The molecule has 2 atom stereocenters. The minimum absolute atomic E-state index is 0.0653. The Labute approximate surface area is 123 Å². The highest BCUT2D eigenvalue weighted by molar-refractivity contribution is 7.80. The van der Waals surface area contributed by atoms with E-state index in [1.807, 2.05) is 0 Å². The lowest BCUT2D eigenvalue weighted by molar-refractivity contribution is -0.00461. The Hall–Kier alpha value is -1.08. The van der Waals surface area contributed by atoms with Crippen molar-refractivity contribution >= 4 is 17.2 Å². The number of hydrogen-bond acceptors (Lipinski definition) is 4. The molecule has 0 amide bonds. The molecular formula is C14H19FN2O2S. The highest BCUT2D eigenvalue weighted by atomic mass is 32.1. The Morgan fingerprint density at radius 3 is 2.45 bits per heavy atom. The largest absolute Gasteiger partial charge is 0.389 e. The lowest BCUT2D eigenvalue weighted by Gasteiger charge is -2.16. The first-order valence-corrected chi connectivity index (χ1v) is 6.82. The predicted molar refractivity (Wildman–Crippen MR) is 79.2 cm³/mol. The first kappa shape index (κ1) is 15.3. The van der Waals surface area contributed by atoms with Crippen LogP contribution < -0.4 is 5.73 Å². The predicted octanol–water partition coefficient (Wildman–Crippen LogP) is 1.31. The molecule has 1 heterocycles. The molecule has 1 saturated heterocycles. The van der Waals surface area contributed by atoms with Gasteiger partial charge in [-0.15, -0.1) is 0 Å². The fourth-order valence-corrected chi connectivity index (χ4v) is 2.67. The molecule has 110 valence electrons. The summed E-state index contributed by atoms with van der Waals surface area (Å²) < 4.78 is 24.3. The molecular weight excluding hydrogens is 279 g/mol. The Balaban J connectivity index is 2.08. The van der Waals surface area contributed by atoms with E-state index in [1.54, 1.807) is 26.4 Å². The number of thiocarbonyl (C=S) groups is 1. The molecule has 0 spiro atoms. The Bertz CT molecular complexity index is 486. The maximum Gasteiger partial charge on any atom is 0.133 e. The Kier molecular flexibility index (Phi) is 5.04. The van der Waals surface area contributed by atoms with Crippen LogP contribution in [-0.4, -0.2) is 49.4 Å². The molecule has 20 heavy (non-hydrogen) atoms. The molecule has 0 aliphatic carbocycles. The van der Waals surface area contributed by atoms with Gasteiger partial charge in [-0.3, -0.25) is 4.90 Å². The second-order valence-electron chi connectivity index (χ2n) is 4.92. The van der Waals surface area contributed by atoms with E-state index in [2.05, 4.69) is 4.90 Å². The van der Waals surface area contributed by atoms with E-state index in [0.29, 0.717) is 12.1 Å². The molecule has 0 aromatic heterocycles. The van der Waals surface area contributed by atoms with E-state index in [-0.39, 0.29) is 23.0 Å². The fraction of sp³-hybridized carbons (Fsp3) is 0.500. The van der Waals surface area contributed by atoms with Gasteiger partial charge in [0.2, 0.25) is 0 Å². The molecule has 2 unspecified atom stereocenters. The molecule has 6 heteroatoms. The van der Waals surface area contributed by atoms with Gasteiger partial charge in [0.1, 0.15) is 10.8 Å². The highest BCUT2D eigenvalue weighted by Gasteiger charge is 2.32. The summed E-state index contributed by atoms with van der Waals surface area (Å²) in [7, 11) is 3.37. The number of benzene rings is 1. The van der Waals surface area contributed by atoms with Crippen molar-refractivity contribution in [3.05, 3.63) is 35.1 Å². The molecule has 0 saturated carbocycles. The summed E-state index contributed by atoms with van der Waals surface area (Å²) in [6.07, 6.45) is 0.131. The van der Waals surface area contributed by atoms with Gasteiger partial charge < -0.3 is 15.2 Å². The van der Waals surface area contributed by atoms with Crippen molar-refractivity contribution in [1.29, 1.82) is 0 Å². The molecule has 1 aromatic rings. The maximum atomic E-state index is 13.5. The quantitative estimate of drug-likeness (QED) is 0.831. The van der Waals surface area contributed by atoms with Gasteiger partial charge in [-0.1, -0.05) is 18.3 Å². The van der Waals surface area contributed by atoms with Gasteiger partial charge in [-0.25, -0.2) is 4.39 Å². The minimum Gasteiger partial charge on any atom is -0.389 e. The van der Waals surface area contributed by atoms with Crippen LogP contribution in [0.4, 0.5) is 4.39 Å². The molecule has 2 N–H and O–H groups in total. The van der Waals surface area contributed by atoms with Crippen molar-refractivity contribution in [3.8, 4) is 0 Å². The number of nitrogens with two attached hydrogens (primary N) is 1. The SMILES string of the molecule is COC1CN(Cc2ccc(F)c(C(N)=S)c2)CC1OC. The molecule has 1 aliphatic heterocycles. The number of nitrogens with zero attached hydrogens (tertiary/aromatic N) is 1. The van der Waals surface area contributed by atoms with E-state index < -0.39 is 0 Å². The monoisotopic (exact) mass is 298 g/mol. The number of methoxy groups -OCH3 is 2. The Morgan fingerprint density at radius 2 is 1.95 bits per heavy atom. The maximum absolute atomic E-state index is 13.5. The van der Waals surface area contributed by atoms with E-state index in [1.165, 1.54) is 6.07 Å². The summed E-state index contributed by atoms with van der Waals surface area (Å²) in [6, 6.07) is 4.86. The summed E-state index contributed by atoms with van der Waals surface area (Å²) >= 11 is 4.85. The van der Waals surface area contributed by atoms with Crippen LogP contribution in [0.25, 0.3) is 0 Å². The zero-order valence-corrected chi connectivity index (χ0v) is 12.5. The van der Waals surface area contributed by atoms with Crippen LogP contribution in [0.5, 0.6) is 0 Å². The number of hydrogen-bond donors (Lipinski definition) is 1. The summed E-state index contributed by atoms with van der Waals surface area (Å²) in [5, 5.41) is 0. The van der Waals surface area contributed by atoms with Crippen molar-refractivity contribution < 1.29 is 13.9 Å². The molecule has 0 radical (unpaired) electrons. The summed E-state index contributed by atoms with van der Waals surface area (Å²) in [5.74, 6) is -0.382. The molecule has 2 rings (SSSR count). The van der Waals surface area contributed by atoms with Gasteiger partial charge in [0.15, 0.2) is 0 Å². The van der Waals surface area contributed by atoms with Crippen LogP contribution in [-0.2, 0) is 16.0 Å². The van der Waals surface area contributed by atoms with Gasteiger partial charge in [0, 0.05) is 39.4 Å². The Morgan fingerprint density at radius 1 is 1.35 bits per heavy atom. The van der Waals surface area contributed by atoms with Crippen molar-refractivity contribution in [3.63, 3.8) is 0 Å². The van der Waals surface area contributed by atoms with Crippen LogP contribution in [0, 0.1) is 5.82 Å². The summed E-state index contributed by atoms with van der Waals surface area (Å²) in [5.41, 5.74) is 6.78. The van der Waals surface area contributed by atoms with E-state index in [4.69, 9.17) is 27.4 Å². The van der Waals surface area contributed by atoms with Gasteiger partial charge >= 0.3 is 0 Å². The molecule has 1 aromatic carbocycles. The molecule has 0 bridgehead atoms. The third kappa shape index (κ3) is 3.32. The van der Waals surface area contributed by atoms with Crippen molar-refractivity contribution in [2.24, 2.45) is 5.73 Å². The van der Waals surface area contributed by atoms with Crippen molar-refractivity contribution in [2.75, 3.05) is 27.3 Å². The average Bonchev–Trinajstić information content (AvgIpc) is 2.82. The summed E-state index contributed by atoms with van der Waals surface area (Å²) in [4.78, 5) is 2.29. The van der Waals surface area contributed by atoms with Gasteiger partial charge in [-0.05, 0) is 17.7 Å². The average molecular weight is 298 g/mol. The molecule has 1 fully saturated rings. The van der Waals surface area contributed by atoms with E-state index in [9.17, 15) is 4.39 Å². The van der Waals surface area contributed by atoms with Crippen molar-refractivity contribution in [2.45, 2.75) is 18.8 Å². The van der Waals surface area contributed by atoms with Crippen LogP contribution in [0.2, 0.25) is 0 Å². The van der Waals surface area contributed by atoms with Crippen LogP contribution >= 0.6 is 12.2 Å². The number of halogens is 1. The number of ether oxygens (including phenoxy) is 2. The molecule has 4 nitrogen and oxygen atoms in total. The topological polar surface area (TPSA) is 47.7 Å². The van der Waals surface area contributed by atoms with Crippen molar-refractivity contribution in [1.82, 2.24) is 4.90 Å². The normalized spacial score (nSPS) is 23.1. The first-order valence-electron chi connectivity index (χ1n) is 6.41. The zero-order chi connectivity index (χ0) is 14.7. The van der Waals surface area contributed by atoms with Gasteiger partial charge in [0.25, 0.3) is 0 Å². The minimum atomic E-state index is -0.382. The third-order valence-electron chi connectivity index (χ3n) is 3.60. The first-order chi connectivity index (χ1) is 9.55. The number of likely N-dealkylation sites (tertiary alicyclic amines) is 1. The standard InChI is InChI=1S/C14H19FN2O2S/c1-18-12-7-17(8-13(12)19-2)6-9-3-4-11(15)10(5-9)14(16)20/h3-5,12-13H,6-8H2,1-2H3,(H2,16,20). The van der Waals surface area contributed by atoms with Gasteiger partial charge in [0.05, 0.1) is 12.2 Å². The van der Waals surface area contributed by atoms with Gasteiger partial charge in [-0.2, -0.15) is 0 Å². The summed E-state index contributed by atoms with van der Waals surface area (Å²) in [6.45, 7) is 2.26. The van der Waals surface area contributed by atoms with Crippen LogP contribution in [0.1, 0.15) is 11.1 Å². The molecule has 1 aliphatic rings. The second-order valence-corrected chi connectivity index (χ2v) is 5.36. The highest BCUT2D eigenvalue weighted by Crippen LogP contribution is 2.19. The lowest BCUT2D eigenvalue weighted by Crippen LogP contribution is -2.27. The van der Waals surface area contributed by atoms with Crippen LogP contribution in [0.3, 0.4) is 0 Å². The second kappa shape index (κ2) is 6.58.